The maximum atomic E-state index is 12.8. The lowest BCUT2D eigenvalue weighted by atomic mass is 9.95. The van der Waals surface area contributed by atoms with Crippen molar-refractivity contribution in [3.05, 3.63) is 30.1 Å². The lowest BCUT2D eigenvalue weighted by Crippen LogP contribution is -2.24. The second kappa shape index (κ2) is 5.38. The van der Waals surface area contributed by atoms with Crippen molar-refractivity contribution in [2.45, 2.75) is 32.5 Å². The molecule has 4 nitrogen and oxygen atoms in total. The Morgan fingerprint density at radius 3 is 2.52 bits per heavy atom. The minimum Gasteiger partial charge on any atom is -0.481 e. The number of hydrogen-bond acceptors (Lipinski definition) is 2. The van der Waals surface area contributed by atoms with E-state index in [-0.39, 0.29) is 5.82 Å². The second-order valence-corrected chi connectivity index (χ2v) is 5.08. The van der Waals surface area contributed by atoms with Crippen LogP contribution in [0.25, 0.3) is 11.0 Å². The minimum absolute atomic E-state index is 0.142. The molecule has 0 aliphatic rings. The molecule has 0 amide bonds. The highest BCUT2D eigenvalue weighted by Gasteiger charge is 2.33. The van der Waals surface area contributed by atoms with Crippen LogP contribution in [-0.2, 0) is 11.3 Å². The Morgan fingerprint density at radius 2 is 1.95 bits per heavy atom. The molecule has 7 heteroatoms. The number of fused-ring (bicyclic) bond motifs is 1. The molecule has 0 saturated heterocycles. The van der Waals surface area contributed by atoms with Crippen molar-refractivity contribution < 1.29 is 23.1 Å². The van der Waals surface area contributed by atoms with Gasteiger partial charge in [-0.2, -0.15) is 13.2 Å². The number of alkyl halides is 3. The topological polar surface area (TPSA) is 55.1 Å². The van der Waals surface area contributed by atoms with Gasteiger partial charge in [-0.3, -0.25) is 4.79 Å². The molecule has 0 fully saturated rings. The summed E-state index contributed by atoms with van der Waals surface area (Å²) in [6, 6.07) is 6.48. The second-order valence-electron chi connectivity index (χ2n) is 5.08. The van der Waals surface area contributed by atoms with Crippen molar-refractivity contribution in [1.29, 1.82) is 0 Å². The van der Waals surface area contributed by atoms with Gasteiger partial charge in [0.15, 0.2) is 0 Å². The van der Waals surface area contributed by atoms with Crippen LogP contribution in [-0.4, -0.2) is 26.8 Å². The molecule has 1 heterocycles. The molecule has 0 aliphatic carbocycles. The number of carbonyl (C=O) groups is 1. The third kappa shape index (κ3) is 3.17. The molecule has 1 aromatic heterocycles. The zero-order valence-electron chi connectivity index (χ0n) is 11.6. The summed E-state index contributed by atoms with van der Waals surface area (Å²) in [6.07, 6.45) is -4.40. The molecule has 2 atom stereocenters. The summed E-state index contributed by atoms with van der Waals surface area (Å²) in [7, 11) is 0. The van der Waals surface area contributed by atoms with Crippen molar-refractivity contribution in [1.82, 2.24) is 9.55 Å². The number of aromatic nitrogens is 2. The van der Waals surface area contributed by atoms with Crippen LogP contribution in [0.1, 0.15) is 25.6 Å². The van der Waals surface area contributed by atoms with Gasteiger partial charge in [0.1, 0.15) is 12.4 Å². The molecule has 21 heavy (non-hydrogen) atoms. The van der Waals surface area contributed by atoms with Crippen molar-refractivity contribution in [2.24, 2.45) is 5.92 Å². The first-order chi connectivity index (χ1) is 9.70. The Morgan fingerprint density at radius 1 is 1.33 bits per heavy atom. The Bertz CT molecular complexity index is 664. The molecule has 2 unspecified atom stereocenters. The highest BCUT2D eigenvalue weighted by atomic mass is 19.4. The van der Waals surface area contributed by atoms with E-state index in [4.69, 9.17) is 5.11 Å². The number of rotatable bonds is 4. The summed E-state index contributed by atoms with van der Waals surface area (Å²) in [5.41, 5.74) is 0.787. The van der Waals surface area contributed by atoms with Gasteiger partial charge in [0.2, 0.25) is 0 Å². The number of hydrogen-bond donors (Lipinski definition) is 1. The van der Waals surface area contributed by atoms with Crippen LogP contribution < -0.4 is 0 Å². The van der Waals surface area contributed by atoms with Gasteiger partial charge in [0, 0.05) is 5.92 Å². The number of nitrogens with zero attached hydrogens (tertiary/aromatic N) is 2. The lowest BCUT2D eigenvalue weighted by Gasteiger charge is -2.18. The van der Waals surface area contributed by atoms with E-state index in [0.717, 1.165) is 4.57 Å². The van der Waals surface area contributed by atoms with Crippen LogP contribution in [0.2, 0.25) is 0 Å². The highest BCUT2D eigenvalue weighted by Crippen LogP contribution is 2.30. The largest absolute Gasteiger partial charge is 0.481 e. The molecular formula is C14H15F3N2O2. The van der Waals surface area contributed by atoms with E-state index in [9.17, 15) is 18.0 Å². The molecule has 0 aliphatic heterocycles. The molecular weight excluding hydrogens is 285 g/mol. The van der Waals surface area contributed by atoms with Gasteiger partial charge in [-0.25, -0.2) is 4.98 Å². The van der Waals surface area contributed by atoms with Gasteiger partial charge in [-0.05, 0) is 12.1 Å². The van der Waals surface area contributed by atoms with Gasteiger partial charge >= 0.3 is 12.1 Å². The number of imidazole rings is 1. The fourth-order valence-electron chi connectivity index (χ4n) is 2.22. The molecule has 2 aromatic rings. The number of carboxylic acids is 1. The average molecular weight is 300 g/mol. The highest BCUT2D eigenvalue weighted by molar-refractivity contribution is 5.76. The monoisotopic (exact) mass is 300 g/mol. The molecule has 0 radical (unpaired) electrons. The first-order valence-electron chi connectivity index (χ1n) is 6.45. The van der Waals surface area contributed by atoms with E-state index < -0.39 is 30.5 Å². The van der Waals surface area contributed by atoms with Crippen LogP contribution in [0, 0.1) is 5.92 Å². The Kier molecular flexibility index (Phi) is 3.93. The number of halogens is 3. The standard InChI is InChI=1S/C14H15F3N2O2/c1-8(9(2)13(20)21)12-18-10-5-3-4-6-11(10)19(12)7-14(15,16)17/h3-6,8-9H,7H2,1-2H3,(H,20,21). The first kappa shape index (κ1) is 15.3. The van der Waals surface area contributed by atoms with E-state index in [1.165, 1.54) is 6.92 Å². The van der Waals surface area contributed by atoms with Gasteiger partial charge in [-0.1, -0.05) is 26.0 Å². The van der Waals surface area contributed by atoms with E-state index >= 15 is 0 Å². The lowest BCUT2D eigenvalue weighted by molar-refractivity contribution is -0.142. The number of aliphatic carboxylic acids is 1. The SMILES string of the molecule is CC(C(=O)O)C(C)c1nc2ccccc2n1CC(F)(F)F. The molecule has 0 saturated carbocycles. The number of carboxylic acid groups (broad SMARTS) is 1. The van der Waals surface area contributed by atoms with E-state index in [1.807, 2.05) is 0 Å². The molecule has 0 bridgehead atoms. The number of para-hydroxylation sites is 2. The summed E-state index contributed by atoms with van der Waals surface area (Å²) in [5, 5.41) is 9.05. The zero-order valence-corrected chi connectivity index (χ0v) is 11.6. The van der Waals surface area contributed by atoms with Crippen LogP contribution in [0.5, 0.6) is 0 Å². The number of benzene rings is 1. The smallest absolute Gasteiger partial charge is 0.406 e. The van der Waals surface area contributed by atoms with Gasteiger partial charge in [-0.15, -0.1) is 0 Å². The predicted octanol–water partition coefficient (Wildman–Crippen LogP) is 3.42. The summed E-state index contributed by atoms with van der Waals surface area (Å²) in [4.78, 5) is 15.3. The summed E-state index contributed by atoms with van der Waals surface area (Å²) >= 11 is 0. The maximum absolute atomic E-state index is 12.8. The molecule has 0 spiro atoms. The van der Waals surface area contributed by atoms with Crippen molar-refractivity contribution in [3.8, 4) is 0 Å². The van der Waals surface area contributed by atoms with E-state index in [0.29, 0.717) is 11.0 Å². The Labute approximate surface area is 119 Å². The third-order valence-corrected chi connectivity index (χ3v) is 3.57. The fraction of sp³-hybridized carbons (Fsp3) is 0.429. The van der Waals surface area contributed by atoms with Crippen LogP contribution in [0.15, 0.2) is 24.3 Å². The van der Waals surface area contributed by atoms with Crippen molar-refractivity contribution in [2.75, 3.05) is 0 Å². The fourth-order valence-corrected chi connectivity index (χ4v) is 2.22. The van der Waals surface area contributed by atoms with Crippen molar-refractivity contribution >= 4 is 17.0 Å². The van der Waals surface area contributed by atoms with Gasteiger partial charge in [0.05, 0.1) is 17.0 Å². The molecule has 2 rings (SSSR count). The van der Waals surface area contributed by atoms with Crippen molar-refractivity contribution in [3.63, 3.8) is 0 Å². The maximum Gasteiger partial charge on any atom is 0.406 e. The average Bonchev–Trinajstić information content (AvgIpc) is 2.74. The van der Waals surface area contributed by atoms with E-state index in [2.05, 4.69) is 4.98 Å². The molecule has 1 N–H and O–H groups in total. The van der Waals surface area contributed by atoms with Crippen LogP contribution in [0.4, 0.5) is 13.2 Å². The summed E-state index contributed by atoms with van der Waals surface area (Å²) in [6.45, 7) is 1.86. The van der Waals surface area contributed by atoms with Crippen LogP contribution in [0.3, 0.4) is 0 Å². The van der Waals surface area contributed by atoms with Gasteiger partial charge < -0.3 is 9.67 Å². The minimum atomic E-state index is -4.40. The quantitative estimate of drug-likeness (QED) is 0.941. The summed E-state index contributed by atoms with van der Waals surface area (Å²) < 4.78 is 39.4. The normalized spacial score (nSPS) is 15.1. The summed E-state index contributed by atoms with van der Waals surface area (Å²) in [5.74, 6) is -2.37. The zero-order chi connectivity index (χ0) is 15.8. The Hall–Kier alpha value is -2.05. The van der Waals surface area contributed by atoms with E-state index in [1.54, 1.807) is 31.2 Å². The molecule has 1 aromatic carbocycles. The third-order valence-electron chi connectivity index (χ3n) is 3.57. The molecule has 114 valence electrons. The van der Waals surface area contributed by atoms with Crippen LogP contribution >= 0.6 is 0 Å². The Balaban J connectivity index is 2.56. The first-order valence-corrected chi connectivity index (χ1v) is 6.45. The van der Waals surface area contributed by atoms with Gasteiger partial charge in [0.25, 0.3) is 0 Å². The predicted molar refractivity (Wildman–Crippen MR) is 71.0 cm³/mol.